The molecule has 0 radical (unpaired) electrons. The number of aliphatic carboxylic acids is 1. The predicted octanol–water partition coefficient (Wildman–Crippen LogP) is 4.77. The molecule has 0 amide bonds. The van der Waals surface area contributed by atoms with E-state index in [1.807, 2.05) is 25.1 Å². The molecule has 2 aromatic carbocycles. The number of carboxylic acids is 1. The summed E-state index contributed by atoms with van der Waals surface area (Å²) in [4.78, 5) is 15.8. The van der Waals surface area contributed by atoms with E-state index in [0.29, 0.717) is 10.6 Å². The van der Waals surface area contributed by atoms with Gasteiger partial charge in [-0.25, -0.2) is 0 Å². The van der Waals surface area contributed by atoms with Crippen molar-refractivity contribution in [2.75, 3.05) is 0 Å². The largest absolute Gasteiger partial charge is 0.480 e. The standard InChI is InChI=1S/C21H14ClN3O2/c1-12-21(16-6-7-24-18-9-14(22)3-4-15(16)18)17-8-13(10-23)2-5-19(17)25(12)11-20(26)27/h2-9H,11H2,1H3,(H,26,27). The van der Waals surface area contributed by atoms with Gasteiger partial charge in [-0.3, -0.25) is 9.78 Å². The molecule has 0 aliphatic carbocycles. The molecule has 0 bridgehead atoms. The van der Waals surface area contributed by atoms with E-state index in [2.05, 4.69) is 11.1 Å². The lowest BCUT2D eigenvalue weighted by molar-refractivity contribution is -0.137. The van der Waals surface area contributed by atoms with Gasteiger partial charge in [0.05, 0.1) is 17.1 Å². The molecule has 0 saturated heterocycles. The number of aromatic nitrogens is 2. The maximum atomic E-state index is 11.4. The third-order valence-electron chi connectivity index (χ3n) is 4.72. The number of nitrogens with zero attached hydrogens (tertiary/aromatic N) is 3. The van der Waals surface area contributed by atoms with Crippen molar-refractivity contribution in [1.82, 2.24) is 9.55 Å². The van der Waals surface area contributed by atoms with Gasteiger partial charge in [-0.1, -0.05) is 17.7 Å². The van der Waals surface area contributed by atoms with E-state index in [1.54, 1.807) is 35.0 Å². The lowest BCUT2D eigenvalue weighted by Gasteiger charge is -2.08. The topological polar surface area (TPSA) is 78.9 Å². The second kappa shape index (κ2) is 6.42. The molecule has 2 aromatic heterocycles. The highest BCUT2D eigenvalue weighted by Gasteiger charge is 2.19. The Labute approximate surface area is 160 Å². The first-order valence-electron chi connectivity index (χ1n) is 8.29. The van der Waals surface area contributed by atoms with E-state index >= 15 is 0 Å². The number of hydrogen-bond acceptors (Lipinski definition) is 3. The first-order chi connectivity index (χ1) is 13.0. The van der Waals surface area contributed by atoms with Gasteiger partial charge in [0.2, 0.25) is 0 Å². The lowest BCUT2D eigenvalue weighted by atomic mass is 9.98. The first kappa shape index (κ1) is 17.1. The Hall–Kier alpha value is -3.36. The van der Waals surface area contributed by atoms with Crippen LogP contribution in [0.1, 0.15) is 11.3 Å². The second-order valence-corrected chi connectivity index (χ2v) is 6.74. The monoisotopic (exact) mass is 375 g/mol. The van der Waals surface area contributed by atoms with E-state index < -0.39 is 5.97 Å². The van der Waals surface area contributed by atoms with Gasteiger partial charge in [0.25, 0.3) is 0 Å². The Balaban J connectivity index is 2.12. The van der Waals surface area contributed by atoms with E-state index in [4.69, 9.17) is 11.6 Å². The zero-order chi connectivity index (χ0) is 19.1. The normalized spacial score (nSPS) is 11.0. The van der Waals surface area contributed by atoms with E-state index in [1.165, 1.54) is 0 Å². The number of hydrogen-bond donors (Lipinski definition) is 1. The molecule has 27 heavy (non-hydrogen) atoms. The van der Waals surface area contributed by atoms with Crippen molar-refractivity contribution in [3.05, 3.63) is 64.9 Å². The van der Waals surface area contributed by atoms with Crippen LogP contribution in [-0.4, -0.2) is 20.6 Å². The molecule has 0 aliphatic rings. The molecule has 0 spiro atoms. The van der Waals surface area contributed by atoms with Crippen LogP contribution in [0, 0.1) is 18.3 Å². The second-order valence-electron chi connectivity index (χ2n) is 6.30. The Kier molecular flexibility index (Phi) is 4.06. The molecular weight excluding hydrogens is 362 g/mol. The maximum Gasteiger partial charge on any atom is 0.323 e. The molecule has 5 nitrogen and oxygen atoms in total. The minimum Gasteiger partial charge on any atom is -0.480 e. The minimum absolute atomic E-state index is 0.150. The van der Waals surface area contributed by atoms with Crippen LogP contribution in [0.2, 0.25) is 5.02 Å². The van der Waals surface area contributed by atoms with Crippen molar-refractivity contribution >= 4 is 39.4 Å². The fraction of sp³-hybridized carbons (Fsp3) is 0.0952. The van der Waals surface area contributed by atoms with Crippen LogP contribution in [0.4, 0.5) is 0 Å². The Morgan fingerprint density at radius 2 is 2.04 bits per heavy atom. The molecule has 0 aliphatic heterocycles. The smallest absolute Gasteiger partial charge is 0.323 e. The Morgan fingerprint density at radius 3 is 2.78 bits per heavy atom. The van der Waals surface area contributed by atoms with Crippen molar-refractivity contribution in [2.45, 2.75) is 13.5 Å². The molecule has 2 heterocycles. The summed E-state index contributed by atoms with van der Waals surface area (Å²) in [5, 5.41) is 21.0. The molecule has 6 heteroatoms. The molecule has 0 atom stereocenters. The highest BCUT2D eigenvalue weighted by Crippen LogP contribution is 2.38. The van der Waals surface area contributed by atoms with Crippen molar-refractivity contribution in [3.63, 3.8) is 0 Å². The number of halogens is 1. The fourth-order valence-electron chi connectivity index (χ4n) is 3.57. The number of nitriles is 1. The average molecular weight is 376 g/mol. The molecule has 1 N–H and O–H groups in total. The van der Waals surface area contributed by atoms with Gasteiger partial charge in [0.1, 0.15) is 6.54 Å². The van der Waals surface area contributed by atoms with Gasteiger partial charge < -0.3 is 9.67 Å². The van der Waals surface area contributed by atoms with Crippen LogP contribution in [0.3, 0.4) is 0 Å². The number of pyridine rings is 1. The number of carboxylic acid groups (broad SMARTS) is 1. The first-order valence-corrected chi connectivity index (χ1v) is 8.67. The maximum absolute atomic E-state index is 11.4. The summed E-state index contributed by atoms with van der Waals surface area (Å²) in [6.45, 7) is 1.75. The van der Waals surface area contributed by atoms with E-state index in [-0.39, 0.29) is 6.54 Å². The summed E-state index contributed by atoms with van der Waals surface area (Å²) < 4.78 is 1.76. The van der Waals surface area contributed by atoms with Crippen LogP contribution >= 0.6 is 11.6 Å². The van der Waals surface area contributed by atoms with Gasteiger partial charge in [-0.2, -0.15) is 5.26 Å². The number of carbonyl (C=O) groups is 1. The molecule has 0 saturated carbocycles. The SMILES string of the molecule is Cc1c(-c2ccnc3cc(Cl)ccc23)c2cc(C#N)ccc2n1CC(=O)O. The van der Waals surface area contributed by atoms with E-state index in [0.717, 1.165) is 38.6 Å². The van der Waals surface area contributed by atoms with Crippen LogP contribution in [0.15, 0.2) is 48.7 Å². The highest BCUT2D eigenvalue weighted by atomic mass is 35.5. The molecule has 0 fully saturated rings. The summed E-state index contributed by atoms with van der Waals surface area (Å²) in [6, 6.07) is 14.9. The number of fused-ring (bicyclic) bond motifs is 2. The third kappa shape index (κ3) is 2.80. The molecule has 0 unspecified atom stereocenters. The van der Waals surface area contributed by atoms with Gasteiger partial charge in [0.15, 0.2) is 0 Å². The van der Waals surface area contributed by atoms with E-state index in [9.17, 15) is 15.2 Å². The van der Waals surface area contributed by atoms with Crippen molar-refractivity contribution in [2.24, 2.45) is 0 Å². The fourth-order valence-corrected chi connectivity index (χ4v) is 3.74. The van der Waals surface area contributed by atoms with Crippen LogP contribution in [0.25, 0.3) is 32.9 Å². The van der Waals surface area contributed by atoms with Crippen molar-refractivity contribution in [1.29, 1.82) is 5.26 Å². The third-order valence-corrected chi connectivity index (χ3v) is 4.96. The average Bonchev–Trinajstić information content (AvgIpc) is 2.91. The predicted molar refractivity (Wildman–Crippen MR) is 105 cm³/mol. The summed E-state index contributed by atoms with van der Waals surface area (Å²) in [6.07, 6.45) is 1.71. The van der Waals surface area contributed by atoms with Gasteiger partial charge in [-0.05, 0) is 48.9 Å². The lowest BCUT2D eigenvalue weighted by Crippen LogP contribution is -2.09. The number of rotatable bonds is 3. The zero-order valence-electron chi connectivity index (χ0n) is 14.4. The summed E-state index contributed by atoms with van der Waals surface area (Å²) >= 11 is 6.10. The van der Waals surface area contributed by atoms with Crippen molar-refractivity contribution in [3.8, 4) is 17.2 Å². The quantitative estimate of drug-likeness (QED) is 0.559. The molecule has 4 rings (SSSR count). The molecule has 132 valence electrons. The van der Waals surface area contributed by atoms with Gasteiger partial charge in [-0.15, -0.1) is 0 Å². The van der Waals surface area contributed by atoms with Crippen molar-refractivity contribution < 1.29 is 9.90 Å². The Bertz CT molecular complexity index is 1270. The summed E-state index contributed by atoms with van der Waals surface area (Å²) in [7, 11) is 0. The minimum atomic E-state index is -0.919. The summed E-state index contributed by atoms with van der Waals surface area (Å²) in [5.41, 5.74) is 4.72. The highest BCUT2D eigenvalue weighted by molar-refractivity contribution is 6.31. The number of benzene rings is 2. The van der Waals surface area contributed by atoms with Crippen LogP contribution < -0.4 is 0 Å². The van der Waals surface area contributed by atoms with Crippen LogP contribution in [-0.2, 0) is 11.3 Å². The van der Waals surface area contributed by atoms with Gasteiger partial charge in [0, 0.05) is 38.8 Å². The molecular formula is C21H14ClN3O2. The Morgan fingerprint density at radius 1 is 1.22 bits per heavy atom. The molecule has 4 aromatic rings. The van der Waals surface area contributed by atoms with Gasteiger partial charge >= 0.3 is 5.97 Å². The zero-order valence-corrected chi connectivity index (χ0v) is 15.2. The summed E-state index contributed by atoms with van der Waals surface area (Å²) in [5.74, 6) is -0.919. The van der Waals surface area contributed by atoms with Crippen LogP contribution in [0.5, 0.6) is 0 Å².